The SMILES string of the molecule is CC1(C)c2ccccc2-c2cc3c4cccc5c4n(c3cc21)c1cccc2c3cc4c6cccc7c6n(c4cc3n5c21)c1cccc2c3cc4c(cc3n7c21)C(C)(C)c1ccccc1-4. The third-order valence-electron chi connectivity index (χ3n) is 16.6. The number of para-hydroxylation sites is 4. The van der Waals surface area contributed by atoms with Gasteiger partial charge in [0.25, 0.3) is 0 Å². The lowest BCUT2D eigenvalue weighted by Gasteiger charge is -2.21. The summed E-state index contributed by atoms with van der Waals surface area (Å²) in [6.07, 6.45) is 0. The first-order chi connectivity index (χ1) is 31.3. The Balaban J connectivity index is 1.02. The molecular weight excluding hydrogens is 777 g/mol. The standard InChI is InChI=1S/C60H38N4/c1-59(2)43-19-7-5-13-31(43)37-25-39-33-15-9-23-49-55(33)61(51(39)28-45(37)59)47-21-11-17-35-41-27-42-36-18-12-22-48-58(36)64(54(42)30-53(41)63(49)57(35)47)50-24-10-16-34-40-26-38-32-14-6-8-20-44(32)60(3,4)46(38)29-52(40)62(48)56(34)50/h5-30H,1-4H3. The van der Waals surface area contributed by atoms with Crippen LogP contribution in [-0.4, -0.2) is 17.6 Å². The van der Waals surface area contributed by atoms with Crippen molar-refractivity contribution in [3.05, 3.63) is 180 Å². The summed E-state index contributed by atoms with van der Waals surface area (Å²) < 4.78 is 10.3. The molecule has 0 saturated carbocycles. The van der Waals surface area contributed by atoms with Crippen molar-refractivity contribution in [3.8, 4) is 22.3 Å². The molecule has 0 amide bonds. The molecule has 64 heavy (non-hydrogen) atoms. The van der Waals surface area contributed by atoms with Crippen molar-refractivity contribution in [3.63, 3.8) is 0 Å². The second kappa shape index (κ2) is 10.2. The molecule has 0 unspecified atom stereocenters. The van der Waals surface area contributed by atoms with Crippen molar-refractivity contribution in [1.29, 1.82) is 0 Å². The molecule has 6 aromatic heterocycles. The van der Waals surface area contributed by atoms with Gasteiger partial charge in [0.1, 0.15) is 0 Å². The molecule has 0 N–H and O–H groups in total. The fourth-order valence-electron chi connectivity index (χ4n) is 13.8. The van der Waals surface area contributed by atoms with E-state index in [0.717, 1.165) is 0 Å². The summed E-state index contributed by atoms with van der Waals surface area (Å²) >= 11 is 0. The number of hydrogen-bond donors (Lipinski definition) is 0. The van der Waals surface area contributed by atoms with E-state index in [1.165, 1.54) is 154 Å². The lowest BCUT2D eigenvalue weighted by Crippen LogP contribution is -2.14. The van der Waals surface area contributed by atoms with Crippen LogP contribution in [0.2, 0.25) is 0 Å². The monoisotopic (exact) mass is 814 g/mol. The molecule has 4 nitrogen and oxygen atoms in total. The molecule has 4 heteroatoms. The van der Waals surface area contributed by atoms with Crippen molar-refractivity contribution in [2.75, 3.05) is 0 Å². The van der Waals surface area contributed by atoms with Crippen molar-refractivity contribution in [1.82, 2.24) is 17.6 Å². The Morgan fingerprint density at radius 3 is 0.953 bits per heavy atom. The minimum atomic E-state index is -0.0810. The molecule has 0 saturated heterocycles. The minimum Gasteiger partial charge on any atom is -0.305 e. The molecule has 9 aromatic carbocycles. The quantitative estimate of drug-likeness (QED) is 0.136. The largest absolute Gasteiger partial charge is 0.305 e. The second-order valence-corrected chi connectivity index (χ2v) is 20.1. The van der Waals surface area contributed by atoms with Gasteiger partial charge < -0.3 is 17.6 Å². The van der Waals surface area contributed by atoms with Crippen LogP contribution in [0.3, 0.4) is 0 Å². The van der Waals surface area contributed by atoms with Gasteiger partial charge in [-0.2, -0.15) is 0 Å². The number of aromatic nitrogens is 4. The Morgan fingerprint density at radius 2 is 0.578 bits per heavy atom. The van der Waals surface area contributed by atoms with E-state index in [0.29, 0.717) is 0 Å². The third kappa shape index (κ3) is 3.34. The topological polar surface area (TPSA) is 17.6 Å². The van der Waals surface area contributed by atoms with E-state index in [4.69, 9.17) is 0 Å². The molecule has 6 heterocycles. The van der Waals surface area contributed by atoms with E-state index < -0.39 is 0 Å². The highest BCUT2D eigenvalue weighted by Crippen LogP contribution is 2.54. The van der Waals surface area contributed by atoms with Crippen molar-refractivity contribution in [2.24, 2.45) is 0 Å². The molecule has 0 fully saturated rings. The zero-order chi connectivity index (χ0) is 41.9. The summed E-state index contributed by atoms with van der Waals surface area (Å²) in [5.74, 6) is 0. The van der Waals surface area contributed by atoms with E-state index in [1.807, 2.05) is 0 Å². The Hall–Kier alpha value is -7.82. The molecule has 15 aromatic rings. The first kappa shape index (κ1) is 32.8. The molecular formula is C60H38N4. The Labute approximate surface area is 366 Å². The van der Waals surface area contributed by atoms with Gasteiger partial charge in [-0.1, -0.05) is 125 Å². The van der Waals surface area contributed by atoms with Crippen LogP contribution in [-0.2, 0) is 10.8 Å². The van der Waals surface area contributed by atoms with Crippen LogP contribution in [0.5, 0.6) is 0 Å². The maximum absolute atomic E-state index is 2.58. The lowest BCUT2D eigenvalue weighted by molar-refractivity contribution is 0.661. The highest BCUT2D eigenvalue weighted by atomic mass is 15.0. The summed E-state index contributed by atoms with van der Waals surface area (Å²) in [5.41, 5.74) is 26.0. The zero-order valence-electron chi connectivity index (χ0n) is 35.8. The number of nitrogens with zero attached hydrogens (tertiary/aromatic N) is 4. The molecule has 0 bridgehead atoms. The normalized spacial score (nSPS) is 15.4. The number of fused-ring (bicyclic) bond motifs is 22. The summed E-state index contributed by atoms with van der Waals surface area (Å²) in [6.45, 7) is 9.56. The molecule has 2 aliphatic carbocycles. The zero-order valence-corrected chi connectivity index (χ0v) is 35.8. The predicted molar refractivity (Wildman–Crippen MR) is 268 cm³/mol. The summed E-state index contributed by atoms with van der Waals surface area (Å²) in [4.78, 5) is 0. The second-order valence-electron chi connectivity index (χ2n) is 20.1. The molecule has 0 aliphatic heterocycles. The third-order valence-corrected chi connectivity index (χ3v) is 16.6. The average Bonchev–Trinajstić information content (AvgIpc) is 4.12. The number of hydrogen-bond acceptors (Lipinski definition) is 0. The van der Waals surface area contributed by atoms with Gasteiger partial charge in [-0.3, -0.25) is 0 Å². The van der Waals surface area contributed by atoms with Crippen LogP contribution in [0, 0.1) is 0 Å². The summed E-state index contributed by atoms with van der Waals surface area (Å²) in [6, 6.07) is 60.9. The first-order valence-corrected chi connectivity index (χ1v) is 22.8. The maximum atomic E-state index is 2.58. The van der Waals surface area contributed by atoms with Gasteiger partial charge in [0.2, 0.25) is 0 Å². The van der Waals surface area contributed by atoms with Gasteiger partial charge in [0.05, 0.1) is 66.2 Å². The fourth-order valence-corrected chi connectivity index (χ4v) is 13.8. The van der Waals surface area contributed by atoms with E-state index in [-0.39, 0.29) is 10.8 Å². The van der Waals surface area contributed by atoms with Crippen LogP contribution in [0.25, 0.3) is 132 Å². The van der Waals surface area contributed by atoms with Crippen LogP contribution in [0.1, 0.15) is 49.9 Å². The van der Waals surface area contributed by atoms with Gasteiger partial charge in [0, 0.05) is 53.9 Å². The first-order valence-electron chi connectivity index (χ1n) is 22.8. The molecule has 0 radical (unpaired) electrons. The van der Waals surface area contributed by atoms with Crippen LogP contribution in [0.15, 0.2) is 158 Å². The highest BCUT2D eigenvalue weighted by molar-refractivity contribution is 6.27. The molecule has 17 rings (SSSR count). The Kier molecular flexibility index (Phi) is 5.22. The van der Waals surface area contributed by atoms with Gasteiger partial charge in [-0.25, -0.2) is 0 Å². The van der Waals surface area contributed by atoms with Gasteiger partial charge in [0.15, 0.2) is 0 Å². The van der Waals surface area contributed by atoms with Crippen LogP contribution in [0.4, 0.5) is 0 Å². The summed E-state index contributed by atoms with van der Waals surface area (Å²) in [7, 11) is 0. The van der Waals surface area contributed by atoms with Gasteiger partial charge in [-0.15, -0.1) is 0 Å². The molecule has 2 aliphatic rings. The Bertz CT molecular complexity index is 4410. The molecule has 0 spiro atoms. The lowest BCUT2D eigenvalue weighted by atomic mass is 9.82. The van der Waals surface area contributed by atoms with Crippen molar-refractivity contribution >= 4 is 109 Å². The Morgan fingerprint density at radius 1 is 0.250 bits per heavy atom. The van der Waals surface area contributed by atoms with Crippen LogP contribution >= 0.6 is 0 Å². The predicted octanol–water partition coefficient (Wildman–Crippen LogP) is 15.4. The van der Waals surface area contributed by atoms with Crippen LogP contribution < -0.4 is 0 Å². The number of benzene rings is 9. The average molecular weight is 815 g/mol. The van der Waals surface area contributed by atoms with E-state index >= 15 is 0 Å². The highest BCUT2D eigenvalue weighted by Gasteiger charge is 2.38. The molecule has 0 atom stereocenters. The fraction of sp³-hybridized carbons (Fsp3) is 0.100. The van der Waals surface area contributed by atoms with E-state index in [2.05, 4.69) is 203 Å². The minimum absolute atomic E-state index is 0.0810. The van der Waals surface area contributed by atoms with Crippen molar-refractivity contribution in [2.45, 2.75) is 38.5 Å². The smallest absolute Gasteiger partial charge is 0.0783 e. The van der Waals surface area contributed by atoms with Crippen molar-refractivity contribution < 1.29 is 0 Å². The summed E-state index contributed by atoms with van der Waals surface area (Å²) in [5, 5.41) is 10.4. The van der Waals surface area contributed by atoms with E-state index in [1.54, 1.807) is 0 Å². The maximum Gasteiger partial charge on any atom is 0.0783 e. The van der Waals surface area contributed by atoms with E-state index in [9.17, 15) is 0 Å². The van der Waals surface area contributed by atoms with Gasteiger partial charge in [-0.05, 0) is 105 Å². The van der Waals surface area contributed by atoms with Gasteiger partial charge >= 0.3 is 0 Å². The number of rotatable bonds is 0. The molecule has 298 valence electrons.